The second kappa shape index (κ2) is 4.82. The molecule has 1 fully saturated rings. The van der Waals surface area contributed by atoms with Gasteiger partial charge in [-0.3, -0.25) is 0 Å². The van der Waals surface area contributed by atoms with Crippen molar-refractivity contribution in [1.82, 2.24) is 5.32 Å². The van der Waals surface area contributed by atoms with Crippen molar-refractivity contribution in [2.75, 3.05) is 19.7 Å². The number of ether oxygens (including phenoxy) is 1. The van der Waals surface area contributed by atoms with Crippen LogP contribution in [0.15, 0.2) is 18.2 Å². The van der Waals surface area contributed by atoms with Crippen LogP contribution in [0.1, 0.15) is 22.0 Å². The van der Waals surface area contributed by atoms with E-state index in [1.807, 2.05) is 0 Å². The Morgan fingerprint density at radius 2 is 2.38 bits per heavy atom. The molecule has 0 aromatic heterocycles. The molecule has 0 saturated carbocycles. The van der Waals surface area contributed by atoms with Crippen LogP contribution in [0.25, 0.3) is 0 Å². The molecule has 0 aliphatic carbocycles. The number of rotatable bonds is 2. The number of halogens is 1. The molecule has 0 spiro atoms. The Kier molecular flexibility index (Phi) is 3.43. The molecule has 1 aromatic carbocycles. The summed E-state index contributed by atoms with van der Waals surface area (Å²) >= 11 is 5.78. The van der Waals surface area contributed by atoms with Crippen molar-refractivity contribution in [2.45, 2.75) is 6.10 Å². The number of benzene rings is 1. The zero-order valence-electron chi connectivity index (χ0n) is 8.57. The van der Waals surface area contributed by atoms with Crippen molar-refractivity contribution in [3.8, 4) is 0 Å². The van der Waals surface area contributed by atoms with E-state index in [9.17, 15) is 4.79 Å². The summed E-state index contributed by atoms with van der Waals surface area (Å²) in [4.78, 5) is 11.1. The summed E-state index contributed by atoms with van der Waals surface area (Å²) in [6.07, 6.45) is -0.211. The lowest BCUT2D eigenvalue weighted by Crippen LogP contribution is -2.34. The van der Waals surface area contributed by atoms with Gasteiger partial charge in [-0.15, -0.1) is 0 Å². The molecule has 86 valence electrons. The number of aromatic carboxylic acids is 1. The number of carboxylic acids is 1. The van der Waals surface area contributed by atoms with E-state index in [4.69, 9.17) is 21.4 Å². The van der Waals surface area contributed by atoms with E-state index in [1.54, 1.807) is 12.1 Å². The van der Waals surface area contributed by atoms with Gasteiger partial charge in [-0.25, -0.2) is 4.79 Å². The molecule has 1 heterocycles. The molecule has 1 aromatic rings. The Morgan fingerprint density at radius 3 is 3.00 bits per heavy atom. The summed E-state index contributed by atoms with van der Waals surface area (Å²) in [5.41, 5.74) is 0.880. The van der Waals surface area contributed by atoms with Crippen LogP contribution in [0.3, 0.4) is 0 Å². The standard InChI is InChI=1S/C11H12ClNO3/c12-7-1-2-8(9(5-7)11(14)15)10-6-13-3-4-16-10/h1-2,5,10,13H,3-4,6H2,(H,14,15). The number of morpholine rings is 1. The molecule has 1 aliphatic heterocycles. The Morgan fingerprint density at radius 1 is 1.56 bits per heavy atom. The maximum atomic E-state index is 11.1. The fraction of sp³-hybridized carbons (Fsp3) is 0.364. The monoisotopic (exact) mass is 241 g/mol. The van der Waals surface area contributed by atoms with Crippen molar-refractivity contribution in [2.24, 2.45) is 0 Å². The summed E-state index contributed by atoms with van der Waals surface area (Å²) in [5.74, 6) is -0.980. The summed E-state index contributed by atoms with van der Waals surface area (Å²) in [7, 11) is 0. The highest BCUT2D eigenvalue weighted by Gasteiger charge is 2.21. The van der Waals surface area contributed by atoms with E-state index in [0.717, 1.165) is 6.54 Å². The molecule has 1 aliphatic rings. The molecule has 0 amide bonds. The number of nitrogens with one attached hydrogen (secondary N) is 1. The van der Waals surface area contributed by atoms with Crippen LogP contribution in [0.2, 0.25) is 5.02 Å². The minimum Gasteiger partial charge on any atom is -0.478 e. The van der Waals surface area contributed by atoms with E-state index in [0.29, 0.717) is 23.7 Å². The lowest BCUT2D eigenvalue weighted by atomic mass is 10.0. The Hall–Kier alpha value is -1.10. The molecule has 1 saturated heterocycles. The third-order valence-corrected chi connectivity index (χ3v) is 2.76. The first kappa shape index (κ1) is 11.4. The van der Waals surface area contributed by atoms with Crippen molar-refractivity contribution in [1.29, 1.82) is 0 Å². The van der Waals surface area contributed by atoms with Crippen LogP contribution in [0.4, 0.5) is 0 Å². The molecular formula is C11H12ClNO3. The summed E-state index contributed by atoms with van der Waals surface area (Å²) < 4.78 is 5.53. The van der Waals surface area contributed by atoms with Crippen LogP contribution in [-0.2, 0) is 4.74 Å². The summed E-state index contributed by atoms with van der Waals surface area (Å²) in [5, 5.41) is 12.7. The first-order valence-corrected chi connectivity index (χ1v) is 5.41. The smallest absolute Gasteiger partial charge is 0.336 e. The number of hydrogen-bond donors (Lipinski definition) is 2. The van der Waals surface area contributed by atoms with Crippen LogP contribution in [0.5, 0.6) is 0 Å². The Balaban J connectivity index is 2.34. The number of carboxylic acid groups (broad SMARTS) is 1. The third-order valence-electron chi connectivity index (χ3n) is 2.52. The summed E-state index contributed by atoms with van der Waals surface area (Å²) in [6.45, 7) is 2.01. The first-order chi connectivity index (χ1) is 7.68. The molecule has 16 heavy (non-hydrogen) atoms. The largest absolute Gasteiger partial charge is 0.478 e. The number of carbonyl (C=O) groups is 1. The predicted octanol–water partition coefficient (Wildman–Crippen LogP) is 1.70. The number of hydrogen-bond acceptors (Lipinski definition) is 3. The van der Waals surface area contributed by atoms with Gasteiger partial charge in [-0.2, -0.15) is 0 Å². The van der Waals surface area contributed by atoms with Crippen molar-refractivity contribution >= 4 is 17.6 Å². The average Bonchev–Trinajstić information content (AvgIpc) is 2.30. The van der Waals surface area contributed by atoms with Crippen LogP contribution in [0, 0.1) is 0 Å². The van der Waals surface area contributed by atoms with Gasteiger partial charge in [-0.1, -0.05) is 17.7 Å². The maximum absolute atomic E-state index is 11.1. The normalized spacial score (nSPS) is 20.7. The lowest BCUT2D eigenvalue weighted by Gasteiger charge is -2.25. The minimum atomic E-state index is -0.980. The lowest BCUT2D eigenvalue weighted by molar-refractivity contribution is 0.0263. The Bertz CT molecular complexity index is 402. The van der Waals surface area contributed by atoms with Gasteiger partial charge in [-0.05, 0) is 17.7 Å². The van der Waals surface area contributed by atoms with Gasteiger partial charge in [0.15, 0.2) is 0 Å². The molecule has 5 heteroatoms. The quantitative estimate of drug-likeness (QED) is 0.828. The zero-order chi connectivity index (χ0) is 11.5. The van der Waals surface area contributed by atoms with E-state index in [1.165, 1.54) is 6.07 Å². The topological polar surface area (TPSA) is 58.6 Å². The van der Waals surface area contributed by atoms with Gasteiger partial charge in [0.1, 0.15) is 0 Å². The maximum Gasteiger partial charge on any atom is 0.336 e. The van der Waals surface area contributed by atoms with Gasteiger partial charge in [0.05, 0.1) is 18.3 Å². The Labute approximate surface area is 98.2 Å². The third kappa shape index (κ3) is 2.35. The predicted molar refractivity (Wildman–Crippen MR) is 60.0 cm³/mol. The molecule has 2 rings (SSSR count). The van der Waals surface area contributed by atoms with Gasteiger partial charge in [0, 0.05) is 18.1 Å². The van der Waals surface area contributed by atoms with Crippen molar-refractivity contribution in [3.63, 3.8) is 0 Å². The fourth-order valence-electron chi connectivity index (χ4n) is 1.76. The molecule has 1 unspecified atom stereocenters. The van der Waals surface area contributed by atoms with Gasteiger partial charge >= 0.3 is 5.97 Å². The molecule has 2 N–H and O–H groups in total. The highest BCUT2D eigenvalue weighted by Crippen LogP contribution is 2.25. The van der Waals surface area contributed by atoms with Gasteiger partial charge < -0.3 is 15.2 Å². The SMILES string of the molecule is O=C(O)c1cc(Cl)ccc1C1CNCCO1. The average molecular weight is 242 g/mol. The molecule has 1 atom stereocenters. The van der Waals surface area contributed by atoms with Crippen LogP contribution >= 0.6 is 11.6 Å². The second-order valence-corrected chi connectivity index (χ2v) is 4.04. The van der Waals surface area contributed by atoms with E-state index in [-0.39, 0.29) is 11.7 Å². The minimum absolute atomic E-state index is 0.209. The molecule has 0 bridgehead atoms. The van der Waals surface area contributed by atoms with Crippen molar-refractivity contribution < 1.29 is 14.6 Å². The second-order valence-electron chi connectivity index (χ2n) is 3.60. The highest BCUT2D eigenvalue weighted by atomic mass is 35.5. The van der Waals surface area contributed by atoms with Crippen molar-refractivity contribution in [3.05, 3.63) is 34.3 Å². The van der Waals surface area contributed by atoms with Crippen LogP contribution in [-0.4, -0.2) is 30.8 Å². The van der Waals surface area contributed by atoms with E-state index >= 15 is 0 Å². The highest BCUT2D eigenvalue weighted by molar-refractivity contribution is 6.30. The van der Waals surface area contributed by atoms with E-state index in [2.05, 4.69) is 5.32 Å². The fourth-order valence-corrected chi connectivity index (χ4v) is 1.93. The first-order valence-electron chi connectivity index (χ1n) is 5.03. The summed E-state index contributed by atoms with van der Waals surface area (Å²) in [6, 6.07) is 4.85. The van der Waals surface area contributed by atoms with Gasteiger partial charge in [0.25, 0.3) is 0 Å². The molecular weight excluding hydrogens is 230 g/mol. The molecule has 4 nitrogen and oxygen atoms in total. The van der Waals surface area contributed by atoms with E-state index < -0.39 is 5.97 Å². The van der Waals surface area contributed by atoms with Gasteiger partial charge in [0.2, 0.25) is 0 Å². The van der Waals surface area contributed by atoms with Crippen LogP contribution < -0.4 is 5.32 Å². The zero-order valence-corrected chi connectivity index (χ0v) is 9.33. The molecule has 0 radical (unpaired) electrons.